The van der Waals surface area contributed by atoms with E-state index in [9.17, 15) is 9.18 Å². The Hall–Kier alpha value is -3.01. The van der Waals surface area contributed by atoms with Gasteiger partial charge in [0.15, 0.2) is 0 Å². The van der Waals surface area contributed by atoms with Crippen molar-refractivity contribution in [3.8, 4) is 0 Å². The number of amides is 1. The monoisotopic (exact) mass is 388 g/mol. The number of piperidine rings is 1. The zero-order valence-corrected chi connectivity index (χ0v) is 16.4. The van der Waals surface area contributed by atoms with Crippen LogP contribution in [-0.2, 0) is 17.6 Å². The average molecular weight is 388 g/mol. The third-order valence-electron chi connectivity index (χ3n) is 5.52. The Morgan fingerprint density at radius 2 is 1.76 bits per heavy atom. The lowest BCUT2D eigenvalue weighted by Crippen LogP contribution is -2.40. The molecule has 1 aromatic heterocycles. The first-order valence-electron chi connectivity index (χ1n) is 10.2. The molecule has 148 valence electrons. The summed E-state index contributed by atoms with van der Waals surface area (Å²) in [4.78, 5) is 19.6. The van der Waals surface area contributed by atoms with E-state index >= 15 is 0 Å². The second kappa shape index (κ2) is 8.99. The Labute approximate surface area is 171 Å². The Bertz CT molecular complexity index is 956. The summed E-state index contributed by atoms with van der Waals surface area (Å²) in [5, 5.41) is 0. The van der Waals surface area contributed by atoms with E-state index in [1.165, 1.54) is 12.1 Å². The van der Waals surface area contributed by atoms with E-state index in [0.717, 1.165) is 48.4 Å². The molecule has 1 aliphatic heterocycles. The lowest BCUT2D eigenvalue weighted by atomic mass is 9.93. The van der Waals surface area contributed by atoms with Gasteiger partial charge >= 0.3 is 0 Å². The molecule has 0 N–H and O–H groups in total. The molecule has 1 aliphatic rings. The summed E-state index contributed by atoms with van der Waals surface area (Å²) >= 11 is 0. The molecule has 0 aliphatic carbocycles. The van der Waals surface area contributed by atoms with Crippen molar-refractivity contribution in [2.24, 2.45) is 0 Å². The van der Waals surface area contributed by atoms with Gasteiger partial charge in [0, 0.05) is 36.8 Å². The largest absolute Gasteiger partial charge is 0.342 e. The van der Waals surface area contributed by atoms with Crippen LogP contribution >= 0.6 is 0 Å². The zero-order valence-electron chi connectivity index (χ0n) is 16.4. The highest BCUT2D eigenvalue weighted by Crippen LogP contribution is 2.26. The van der Waals surface area contributed by atoms with Crippen LogP contribution in [0.25, 0.3) is 0 Å². The predicted molar refractivity (Wildman–Crippen MR) is 112 cm³/mol. The van der Waals surface area contributed by atoms with Gasteiger partial charge in [-0.3, -0.25) is 9.78 Å². The summed E-state index contributed by atoms with van der Waals surface area (Å²) < 4.78 is 13.1. The first kappa shape index (κ1) is 19.3. The molecule has 29 heavy (non-hydrogen) atoms. The van der Waals surface area contributed by atoms with Crippen LogP contribution < -0.4 is 0 Å². The summed E-state index contributed by atoms with van der Waals surface area (Å²) in [6.45, 7) is 1.54. The van der Waals surface area contributed by atoms with Crippen LogP contribution in [0.5, 0.6) is 0 Å². The van der Waals surface area contributed by atoms with Crippen molar-refractivity contribution in [3.05, 3.63) is 101 Å². The second-order valence-electron chi connectivity index (χ2n) is 7.70. The predicted octanol–water partition coefficient (Wildman–Crippen LogP) is 4.76. The number of benzene rings is 2. The van der Waals surface area contributed by atoms with Gasteiger partial charge < -0.3 is 4.90 Å². The minimum absolute atomic E-state index is 0.184. The van der Waals surface area contributed by atoms with Crippen LogP contribution in [0.4, 0.5) is 4.39 Å². The average Bonchev–Trinajstić information content (AvgIpc) is 2.76. The third-order valence-corrected chi connectivity index (χ3v) is 5.52. The number of rotatable bonds is 5. The molecule has 1 fully saturated rings. The molecule has 2 aromatic carbocycles. The SMILES string of the molecule is O=C(Cc1ccccc1)N1CCC[C@H](c2cccc(Cc3ccc(F)cc3)n2)C1. The van der Waals surface area contributed by atoms with Crippen molar-refractivity contribution in [3.63, 3.8) is 0 Å². The molecule has 1 amide bonds. The molecule has 0 radical (unpaired) electrons. The van der Waals surface area contributed by atoms with E-state index in [4.69, 9.17) is 4.98 Å². The third kappa shape index (κ3) is 5.08. The van der Waals surface area contributed by atoms with Crippen LogP contribution in [0.1, 0.15) is 41.3 Å². The standard InChI is InChI=1S/C25H25FN2O/c26-22-13-11-20(12-14-22)16-23-9-4-10-24(27-23)21-8-5-15-28(18-21)25(29)17-19-6-2-1-3-7-19/h1-4,6-7,9-14,21H,5,8,15-18H2/t21-/m0/s1. The van der Waals surface area contributed by atoms with Crippen molar-refractivity contribution in [2.75, 3.05) is 13.1 Å². The molecule has 4 rings (SSSR count). The van der Waals surface area contributed by atoms with Gasteiger partial charge in [-0.25, -0.2) is 4.39 Å². The lowest BCUT2D eigenvalue weighted by Gasteiger charge is -2.32. The minimum atomic E-state index is -0.224. The number of likely N-dealkylation sites (tertiary alicyclic amines) is 1. The van der Waals surface area contributed by atoms with Gasteiger partial charge in [-0.1, -0.05) is 48.5 Å². The molecule has 3 aromatic rings. The Balaban J connectivity index is 1.42. The van der Waals surface area contributed by atoms with E-state index in [1.807, 2.05) is 47.4 Å². The fourth-order valence-corrected chi connectivity index (χ4v) is 3.96. The molecule has 2 heterocycles. The van der Waals surface area contributed by atoms with E-state index in [-0.39, 0.29) is 17.6 Å². The van der Waals surface area contributed by atoms with Gasteiger partial charge in [-0.05, 0) is 48.2 Å². The van der Waals surface area contributed by atoms with Gasteiger partial charge in [0.1, 0.15) is 5.82 Å². The molecule has 4 heteroatoms. The van der Waals surface area contributed by atoms with E-state index in [1.54, 1.807) is 12.1 Å². The first-order valence-corrected chi connectivity index (χ1v) is 10.2. The van der Waals surface area contributed by atoms with Crippen LogP contribution in [0.15, 0.2) is 72.8 Å². The maximum Gasteiger partial charge on any atom is 0.227 e. The minimum Gasteiger partial charge on any atom is -0.342 e. The maximum atomic E-state index is 13.1. The summed E-state index contributed by atoms with van der Waals surface area (Å²) in [7, 11) is 0. The molecular formula is C25H25FN2O. The number of halogens is 1. The first-order chi connectivity index (χ1) is 14.2. The normalized spacial score (nSPS) is 16.6. The zero-order chi connectivity index (χ0) is 20.1. The van der Waals surface area contributed by atoms with Gasteiger partial charge in [0.25, 0.3) is 0 Å². The summed E-state index contributed by atoms with van der Waals surface area (Å²) in [5.74, 6) is 0.220. The molecule has 0 unspecified atom stereocenters. The highest BCUT2D eigenvalue weighted by Gasteiger charge is 2.25. The molecule has 0 saturated carbocycles. The van der Waals surface area contributed by atoms with Gasteiger partial charge in [-0.15, -0.1) is 0 Å². The van der Waals surface area contributed by atoms with Gasteiger partial charge in [0.2, 0.25) is 5.91 Å². The number of carbonyl (C=O) groups is 1. The number of pyridine rings is 1. The number of carbonyl (C=O) groups excluding carboxylic acids is 1. The fraction of sp³-hybridized carbons (Fsp3) is 0.280. The van der Waals surface area contributed by atoms with Crippen LogP contribution in [-0.4, -0.2) is 28.9 Å². The number of hydrogen-bond acceptors (Lipinski definition) is 2. The topological polar surface area (TPSA) is 33.2 Å². The van der Waals surface area contributed by atoms with Crippen LogP contribution in [0, 0.1) is 5.82 Å². The lowest BCUT2D eigenvalue weighted by molar-refractivity contribution is -0.131. The number of nitrogens with zero attached hydrogens (tertiary/aromatic N) is 2. The van der Waals surface area contributed by atoms with Crippen LogP contribution in [0.3, 0.4) is 0 Å². The molecule has 3 nitrogen and oxygen atoms in total. The van der Waals surface area contributed by atoms with E-state index < -0.39 is 0 Å². The number of hydrogen-bond donors (Lipinski definition) is 0. The highest BCUT2D eigenvalue weighted by atomic mass is 19.1. The molecule has 0 bridgehead atoms. The Kier molecular flexibility index (Phi) is 5.99. The van der Waals surface area contributed by atoms with Gasteiger partial charge in [0.05, 0.1) is 6.42 Å². The van der Waals surface area contributed by atoms with Crippen molar-refractivity contribution in [1.29, 1.82) is 0 Å². The maximum absolute atomic E-state index is 13.1. The van der Waals surface area contributed by atoms with Gasteiger partial charge in [-0.2, -0.15) is 0 Å². The number of aromatic nitrogens is 1. The Morgan fingerprint density at radius 3 is 2.55 bits per heavy atom. The highest BCUT2D eigenvalue weighted by molar-refractivity contribution is 5.79. The van der Waals surface area contributed by atoms with Crippen molar-refractivity contribution in [2.45, 2.75) is 31.6 Å². The molecular weight excluding hydrogens is 363 g/mol. The molecule has 1 saturated heterocycles. The summed E-state index contributed by atoms with van der Waals surface area (Å²) in [5.41, 5.74) is 4.11. The summed E-state index contributed by atoms with van der Waals surface area (Å²) in [6, 6.07) is 22.6. The Morgan fingerprint density at radius 1 is 0.966 bits per heavy atom. The summed E-state index contributed by atoms with van der Waals surface area (Å²) in [6.07, 6.45) is 3.17. The molecule has 1 atom stereocenters. The van der Waals surface area contributed by atoms with E-state index in [2.05, 4.69) is 6.07 Å². The smallest absolute Gasteiger partial charge is 0.227 e. The van der Waals surface area contributed by atoms with Crippen molar-refractivity contribution < 1.29 is 9.18 Å². The second-order valence-corrected chi connectivity index (χ2v) is 7.70. The van der Waals surface area contributed by atoms with Crippen molar-refractivity contribution in [1.82, 2.24) is 9.88 Å². The van der Waals surface area contributed by atoms with E-state index in [0.29, 0.717) is 12.8 Å². The molecule has 0 spiro atoms. The van der Waals surface area contributed by atoms with Crippen LogP contribution in [0.2, 0.25) is 0 Å². The van der Waals surface area contributed by atoms with Crippen molar-refractivity contribution >= 4 is 5.91 Å². The fourth-order valence-electron chi connectivity index (χ4n) is 3.96. The quantitative estimate of drug-likeness (QED) is 0.631.